The summed E-state index contributed by atoms with van der Waals surface area (Å²) in [5.41, 5.74) is 0.938. The van der Waals surface area contributed by atoms with E-state index in [1.807, 2.05) is 10.7 Å². The topological polar surface area (TPSA) is 55.6 Å². The van der Waals surface area contributed by atoms with E-state index < -0.39 is 0 Å². The van der Waals surface area contributed by atoms with Crippen LogP contribution in [0.25, 0.3) is 0 Å². The predicted octanol–water partition coefficient (Wildman–Crippen LogP) is 2.83. The van der Waals surface area contributed by atoms with Gasteiger partial charge in [0.05, 0.1) is 16.9 Å². The number of nitrogens with one attached hydrogen (secondary N) is 1. The molecule has 0 saturated heterocycles. The van der Waals surface area contributed by atoms with Crippen molar-refractivity contribution in [3.63, 3.8) is 0 Å². The Morgan fingerprint density at radius 3 is 2.65 bits per heavy atom. The molecule has 5 nitrogen and oxygen atoms in total. The average molecular weight is 294 g/mol. The number of aryl methyl sites for hydroxylation is 1. The number of aromatic nitrogens is 4. The minimum Gasteiger partial charge on any atom is -0.302 e. The van der Waals surface area contributed by atoms with Gasteiger partial charge in [-0.15, -0.1) is 0 Å². The van der Waals surface area contributed by atoms with Crippen LogP contribution in [0.3, 0.4) is 0 Å². The SMILES string of the molecule is CCCNC(c1ncccn1)c1c(Cl)cnn1CCC. The normalized spacial score (nSPS) is 12.6. The smallest absolute Gasteiger partial charge is 0.151 e. The van der Waals surface area contributed by atoms with Gasteiger partial charge in [-0.25, -0.2) is 9.97 Å². The molecule has 1 atom stereocenters. The Kier molecular flexibility index (Phi) is 5.49. The van der Waals surface area contributed by atoms with Crippen LogP contribution in [0.5, 0.6) is 0 Å². The zero-order valence-electron chi connectivity index (χ0n) is 11.9. The van der Waals surface area contributed by atoms with Gasteiger partial charge in [-0.1, -0.05) is 25.4 Å². The molecule has 0 amide bonds. The third-order valence-corrected chi connectivity index (χ3v) is 3.28. The van der Waals surface area contributed by atoms with Gasteiger partial charge in [-0.2, -0.15) is 5.10 Å². The van der Waals surface area contributed by atoms with Crippen LogP contribution in [0.1, 0.15) is 44.2 Å². The Morgan fingerprint density at radius 1 is 1.25 bits per heavy atom. The first-order valence-electron chi connectivity index (χ1n) is 6.99. The lowest BCUT2D eigenvalue weighted by molar-refractivity contribution is 0.498. The first kappa shape index (κ1) is 14.9. The van der Waals surface area contributed by atoms with Crippen LogP contribution in [0.4, 0.5) is 0 Å². The fourth-order valence-electron chi connectivity index (χ4n) is 2.11. The molecule has 1 N–H and O–H groups in total. The third-order valence-electron chi connectivity index (χ3n) is 2.98. The molecule has 0 aliphatic rings. The van der Waals surface area contributed by atoms with Crippen molar-refractivity contribution in [2.45, 2.75) is 39.3 Å². The van der Waals surface area contributed by atoms with E-state index in [2.05, 4.69) is 34.2 Å². The molecule has 2 rings (SSSR count). The molecule has 0 aromatic carbocycles. The third kappa shape index (κ3) is 3.35. The van der Waals surface area contributed by atoms with Gasteiger partial charge < -0.3 is 5.32 Å². The van der Waals surface area contributed by atoms with E-state index >= 15 is 0 Å². The monoisotopic (exact) mass is 293 g/mol. The maximum absolute atomic E-state index is 6.33. The summed E-state index contributed by atoms with van der Waals surface area (Å²) in [4.78, 5) is 8.71. The molecule has 20 heavy (non-hydrogen) atoms. The number of hydrogen-bond acceptors (Lipinski definition) is 4. The van der Waals surface area contributed by atoms with E-state index in [4.69, 9.17) is 11.6 Å². The minimum absolute atomic E-state index is 0.127. The maximum atomic E-state index is 6.33. The summed E-state index contributed by atoms with van der Waals surface area (Å²) in [6.45, 7) is 5.95. The van der Waals surface area contributed by atoms with E-state index in [1.165, 1.54) is 0 Å². The second kappa shape index (κ2) is 7.36. The molecule has 0 aliphatic carbocycles. The van der Waals surface area contributed by atoms with E-state index in [0.717, 1.165) is 37.4 Å². The van der Waals surface area contributed by atoms with E-state index in [0.29, 0.717) is 5.02 Å². The van der Waals surface area contributed by atoms with Crippen LogP contribution in [0.2, 0.25) is 5.02 Å². The quantitative estimate of drug-likeness (QED) is 0.853. The van der Waals surface area contributed by atoms with E-state index in [9.17, 15) is 0 Å². The van der Waals surface area contributed by atoms with E-state index in [-0.39, 0.29) is 6.04 Å². The van der Waals surface area contributed by atoms with Crippen molar-refractivity contribution in [2.75, 3.05) is 6.54 Å². The second-order valence-corrected chi connectivity index (χ2v) is 5.00. The van der Waals surface area contributed by atoms with Gasteiger partial charge in [0.2, 0.25) is 0 Å². The van der Waals surface area contributed by atoms with Crippen LogP contribution in [0, 0.1) is 0 Å². The van der Waals surface area contributed by atoms with Gasteiger partial charge >= 0.3 is 0 Å². The minimum atomic E-state index is -0.127. The molecule has 2 aromatic heterocycles. The molecule has 0 radical (unpaired) electrons. The van der Waals surface area contributed by atoms with Gasteiger partial charge in [-0.05, 0) is 25.5 Å². The summed E-state index contributed by atoms with van der Waals surface area (Å²) < 4.78 is 1.94. The fourth-order valence-corrected chi connectivity index (χ4v) is 2.36. The molecular weight excluding hydrogens is 274 g/mol. The Balaban J connectivity index is 2.38. The molecule has 0 spiro atoms. The molecule has 0 aliphatic heterocycles. The highest BCUT2D eigenvalue weighted by Crippen LogP contribution is 2.26. The Labute approximate surface area is 124 Å². The highest BCUT2D eigenvalue weighted by atomic mass is 35.5. The lowest BCUT2D eigenvalue weighted by Crippen LogP contribution is -2.27. The Bertz CT molecular complexity index is 526. The maximum Gasteiger partial charge on any atom is 0.151 e. The molecule has 6 heteroatoms. The van der Waals surface area contributed by atoms with Crippen molar-refractivity contribution < 1.29 is 0 Å². The molecule has 108 valence electrons. The Morgan fingerprint density at radius 2 is 2.00 bits per heavy atom. The van der Waals surface area contributed by atoms with Crippen molar-refractivity contribution >= 4 is 11.6 Å². The zero-order valence-corrected chi connectivity index (χ0v) is 12.6. The first-order chi connectivity index (χ1) is 9.77. The van der Waals surface area contributed by atoms with Crippen LogP contribution >= 0.6 is 11.6 Å². The van der Waals surface area contributed by atoms with Gasteiger partial charge in [0, 0.05) is 18.9 Å². The molecule has 2 aromatic rings. The number of halogens is 1. The van der Waals surface area contributed by atoms with Gasteiger partial charge in [0.25, 0.3) is 0 Å². The van der Waals surface area contributed by atoms with Gasteiger partial charge in [-0.3, -0.25) is 4.68 Å². The van der Waals surface area contributed by atoms with Crippen LogP contribution < -0.4 is 5.32 Å². The largest absolute Gasteiger partial charge is 0.302 e. The van der Waals surface area contributed by atoms with Crippen LogP contribution in [-0.2, 0) is 6.54 Å². The van der Waals surface area contributed by atoms with Gasteiger partial charge in [0.15, 0.2) is 5.82 Å². The van der Waals surface area contributed by atoms with Crippen molar-refractivity contribution in [3.8, 4) is 0 Å². The molecule has 0 bridgehead atoms. The lowest BCUT2D eigenvalue weighted by atomic mass is 10.1. The van der Waals surface area contributed by atoms with Crippen molar-refractivity contribution in [2.24, 2.45) is 0 Å². The summed E-state index contributed by atoms with van der Waals surface area (Å²) in [5, 5.41) is 8.46. The number of hydrogen-bond donors (Lipinski definition) is 1. The second-order valence-electron chi connectivity index (χ2n) is 4.60. The predicted molar refractivity (Wildman–Crippen MR) is 79.7 cm³/mol. The van der Waals surface area contributed by atoms with Crippen molar-refractivity contribution in [1.82, 2.24) is 25.1 Å². The Hall–Kier alpha value is -1.46. The summed E-state index contributed by atoms with van der Waals surface area (Å²) >= 11 is 6.33. The lowest BCUT2D eigenvalue weighted by Gasteiger charge is -2.19. The number of rotatable bonds is 7. The summed E-state index contributed by atoms with van der Waals surface area (Å²) in [6, 6.07) is 1.68. The van der Waals surface area contributed by atoms with Crippen LogP contribution in [0.15, 0.2) is 24.7 Å². The summed E-state index contributed by atoms with van der Waals surface area (Å²) in [5.74, 6) is 0.723. The zero-order chi connectivity index (χ0) is 14.4. The number of nitrogens with zero attached hydrogens (tertiary/aromatic N) is 4. The van der Waals surface area contributed by atoms with E-state index in [1.54, 1.807) is 18.6 Å². The van der Waals surface area contributed by atoms with Crippen molar-refractivity contribution in [1.29, 1.82) is 0 Å². The molecule has 2 heterocycles. The van der Waals surface area contributed by atoms with Gasteiger partial charge in [0.1, 0.15) is 6.04 Å². The highest BCUT2D eigenvalue weighted by Gasteiger charge is 2.23. The first-order valence-corrected chi connectivity index (χ1v) is 7.37. The molecule has 0 saturated carbocycles. The average Bonchev–Trinajstić information content (AvgIpc) is 2.83. The summed E-state index contributed by atoms with van der Waals surface area (Å²) in [7, 11) is 0. The highest BCUT2D eigenvalue weighted by molar-refractivity contribution is 6.31. The van der Waals surface area contributed by atoms with Crippen LogP contribution in [-0.4, -0.2) is 26.3 Å². The van der Waals surface area contributed by atoms with Crippen molar-refractivity contribution in [3.05, 3.63) is 41.2 Å². The standard InChI is InChI=1S/C14H20ClN5/c1-3-6-16-12(14-17-7-5-8-18-14)13-11(15)10-19-20(13)9-4-2/h5,7-8,10,12,16H,3-4,6,9H2,1-2H3. The molecule has 1 unspecified atom stereocenters. The summed E-state index contributed by atoms with van der Waals surface area (Å²) in [6.07, 6.45) is 7.22. The molecule has 0 fully saturated rings. The fraction of sp³-hybridized carbons (Fsp3) is 0.500. The molecular formula is C14H20ClN5.